The molecule has 0 saturated carbocycles. The molecule has 2 N–H and O–H groups in total. The van der Waals surface area contributed by atoms with E-state index in [0.29, 0.717) is 5.69 Å². The maximum absolute atomic E-state index is 13.0. The monoisotopic (exact) mass is 506 g/mol. The fourth-order valence-corrected chi connectivity index (χ4v) is 4.81. The number of anilines is 2. The van der Waals surface area contributed by atoms with Crippen LogP contribution in [-0.4, -0.2) is 27.4 Å². The first-order valence-corrected chi connectivity index (χ1v) is 11.8. The van der Waals surface area contributed by atoms with Crippen molar-refractivity contribution in [3.8, 4) is 0 Å². The summed E-state index contributed by atoms with van der Waals surface area (Å²) in [5, 5.41) is 2.73. The van der Waals surface area contributed by atoms with Crippen LogP contribution in [0.3, 0.4) is 0 Å². The van der Waals surface area contributed by atoms with Crippen LogP contribution in [-0.2, 0) is 14.8 Å². The van der Waals surface area contributed by atoms with Crippen molar-refractivity contribution in [3.63, 3.8) is 0 Å². The summed E-state index contributed by atoms with van der Waals surface area (Å²) >= 11 is 12.2. The third-order valence-electron chi connectivity index (χ3n) is 4.75. The quantitative estimate of drug-likeness (QED) is 0.432. The van der Waals surface area contributed by atoms with E-state index in [9.17, 15) is 18.0 Å². The third-order valence-corrected chi connectivity index (χ3v) is 6.93. The molecule has 33 heavy (non-hydrogen) atoms. The Morgan fingerprint density at radius 2 is 1.61 bits per heavy atom. The number of esters is 1. The molecule has 0 aliphatic carbocycles. The first kappa shape index (κ1) is 24.6. The van der Waals surface area contributed by atoms with Gasteiger partial charge in [-0.1, -0.05) is 35.3 Å². The molecular formula is C23H20Cl2N2O5S. The van der Waals surface area contributed by atoms with Crippen LogP contribution < -0.4 is 10.0 Å². The molecule has 0 radical (unpaired) electrons. The van der Waals surface area contributed by atoms with Crippen molar-refractivity contribution < 1.29 is 22.7 Å². The minimum absolute atomic E-state index is 0.0381. The van der Waals surface area contributed by atoms with E-state index in [2.05, 4.69) is 14.8 Å². The number of aryl methyl sites for hydroxylation is 2. The standard InChI is InChI=1S/C23H20Cl2N2O5S/c1-13-4-5-14(2)20(10-13)27-33(30,31)21-11-15(6-8-19(21)25)22(28)26-16-7-9-18(24)17(12-16)23(29)32-3/h4-12,27H,1-3H3,(H,26,28). The highest BCUT2D eigenvalue weighted by Crippen LogP contribution is 2.28. The number of ether oxygens (including phenoxy) is 1. The van der Waals surface area contributed by atoms with Gasteiger partial charge < -0.3 is 10.1 Å². The van der Waals surface area contributed by atoms with Crippen LogP contribution in [0.25, 0.3) is 0 Å². The average molecular weight is 507 g/mol. The van der Waals surface area contributed by atoms with Crippen LogP contribution in [0.1, 0.15) is 31.8 Å². The lowest BCUT2D eigenvalue weighted by molar-refractivity contribution is 0.0600. The molecule has 7 nitrogen and oxygen atoms in total. The summed E-state index contributed by atoms with van der Waals surface area (Å²) in [5.74, 6) is -1.26. The van der Waals surface area contributed by atoms with Gasteiger partial charge in [-0.3, -0.25) is 9.52 Å². The molecular weight excluding hydrogens is 487 g/mol. The fraction of sp³-hybridized carbons (Fsp3) is 0.130. The number of amides is 1. The maximum atomic E-state index is 13.0. The molecule has 0 aliphatic heterocycles. The van der Waals surface area contributed by atoms with E-state index in [-0.39, 0.29) is 31.8 Å². The van der Waals surface area contributed by atoms with E-state index in [0.717, 1.165) is 11.1 Å². The zero-order chi connectivity index (χ0) is 24.3. The Morgan fingerprint density at radius 3 is 2.30 bits per heavy atom. The van der Waals surface area contributed by atoms with Crippen molar-refractivity contribution in [2.24, 2.45) is 0 Å². The van der Waals surface area contributed by atoms with Gasteiger partial charge in [0.1, 0.15) is 4.90 Å². The molecule has 0 saturated heterocycles. The Kier molecular flexibility index (Phi) is 7.31. The molecule has 0 spiro atoms. The highest BCUT2D eigenvalue weighted by atomic mass is 35.5. The van der Waals surface area contributed by atoms with Gasteiger partial charge in [0.25, 0.3) is 15.9 Å². The molecule has 0 aromatic heterocycles. The molecule has 3 aromatic carbocycles. The second-order valence-corrected chi connectivity index (χ2v) is 9.67. The Hall–Kier alpha value is -3.07. The molecule has 1 amide bonds. The average Bonchev–Trinajstić information content (AvgIpc) is 2.77. The lowest BCUT2D eigenvalue weighted by Gasteiger charge is -2.14. The Bertz CT molecular complexity index is 1360. The van der Waals surface area contributed by atoms with E-state index >= 15 is 0 Å². The first-order chi connectivity index (χ1) is 15.5. The normalized spacial score (nSPS) is 11.1. The Morgan fingerprint density at radius 1 is 0.909 bits per heavy atom. The topological polar surface area (TPSA) is 102 Å². The minimum Gasteiger partial charge on any atom is -0.465 e. The molecule has 0 bridgehead atoms. The number of carbonyl (C=O) groups excluding carboxylic acids is 2. The van der Waals surface area contributed by atoms with Crippen LogP contribution in [0.4, 0.5) is 11.4 Å². The van der Waals surface area contributed by atoms with Crippen molar-refractivity contribution in [2.45, 2.75) is 18.7 Å². The molecule has 0 heterocycles. The number of halogens is 2. The molecule has 172 valence electrons. The van der Waals surface area contributed by atoms with Gasteiger partial charge in [-0.2, -0.15) is 0 Å². The van der Waals surface area contributed by atoms with Gasteiger partial charge in [0.15, 0.2) is 0 Å². The highest BCUT2D eigenvalue weighted by Gasteiger charge is 2.22. The third kappa shape index (κ3) is 5.65. The fourth-order valence-electron chi connectivity index (χ4n) is 2.97. The van der Waals surface area contributed by atoms with Gasteiger partial charge in [-0.05, 0) is 67.4 Å². The van der Waals surface area contributed by atoms with E-state index in [4.69, 9.17) is 23.2 Å². The van der Waals surface area contributed by atoms with Crippen molar-refractivity contribution in [1.29, 1.82) is 0 Å². The predicted molar refractivity (Wildman–Crippen MR) is 129 cm³/mol. The number of rotatable bonds is 6. The summed E-state index contributed by atoms with van der Waals surface area (Å²) in [7, 11) is -2.87. The molecule has 0 unspecified atom stereocenters. The summed E-state index contributed by atoms with van der Waals surface area (Å²) < 4.78 is 33.2. The summed E-state index contributed by atoms with van der Waals surface area (Å²) in [5.41, 5.74) is 2.43. The number of hydrogen-bond acceptors (Lipinski definition) is 5. The zero-order valence-corrected chi connectivity index (χ0v) is 20.2. The van der Waals surface area contributed by atoms with Crippen molar-refractivity contribution in [2.75, 3.05) is 17.1 Å². The predicted octanol–water partition coefficient (Wildman–Crippen LogP) is 5.45. The van der Waals surface area contributed by atoms with Crippen molar-refractivity contribution in [1.82, 2.24) is 0 Å². The van der Waals surface area contributed by atoms with E-state index in [1.807, 2.05) is 13.0 Å². The van der Waals surface area contributed by atoms with E-state index in [1.54, 1.807) is 19.1 Å². The number of carbonyl (C=O) groups is 2. The minimum atomic E-state index is -4.08. The van der Waals surface area contributed by atoms with Crippen LogP contribution in [0.5, 0.6) is 0 Å². The smallest absolute Gasteiger partial charge is 0.339 e. The highest BCUT2D eigenvalue weighted by molar-refractivity contribution is 7.92. The molecule has 3 rings (SSSR count). The number of methoxy groups -OCH3 is 1. The lowest BCUT2D eigenvalue weighted by atomic mass is 10.1. The molecule has 10 heteroatoms. The van der Waals surface area contributed by atoms with E-state index in [1.165, 1.54) is 43.5 Å². The van der Waals surface area contributed by atoms with Crippen LogP contribution in [0, 0.1) is 13.8 Å². The first-order valence-electron chi connectivity index (χ1n) is 9.60. The van der Waals surface area contributed by atoms with E-state index < -0.39 is 21.9 Å². The van der Waals surface area contributed by atoms with Crippen LogP contribution in [0.2, 0.25) is 10.0 Å². The molecule has 0 atom stereocenters. The van der Waals surface area contributed by atoms with Crippen LogP contribution >= 0.6 is 23.2 Å². The van der Waals surface area contributed by atoms with Gasteiger partial charge in [-0.25, -0.2) is 13.2 Å². The summed E-state index contributed by atoms with van der Waals surface area (Å²) in [6.07, 6.45) is 0. The second-order valence-electron chi connectivity index (χ2n) is 7.21. The molecule has 0 fully saturated rings. The van der Waals surface area contributed by atoms with Gasteiger partial charge in [0, 0.05) is 11.3 Å². The largest absolute Gasteiger partial charge is 0.465 e. The molecule has 3 aromatic rings. The number of sulfonamides is 1. The van der Waals surface area contributed by atoms with Gasteiger partial charge >= 0.3 is 5.97 Å². The summed E-state index contributed by atoms with van der Waals surface area (Å²) in [6.45, 7) is 3.62. The van der Waals surface area contributed by atoms with Gasteiger partial charge in [-0.15, -0.1) is 0 Å². The van der Waals surface area contributed by atoms with Gasteiger partial charge in [0.2, 0.25) is 0 Å². The Balaban J connectivity index is 1.90. The summed E-state index contributed by atoms with van der Waals surface area (Å²) in [4.78, 5) is 24.4. The molecule has 0 aliphatic rings. The maximum Gasteiger partial charge on any atom is 0.339 e. The van der Waals surface area contributed by atoms with Crippen molar-refractivity contribution in [3.05, 3.63) is 86.9 Å². The number of hydrogen-bond donors (Lipinski definition) is 2. The lowest BCUT2D eigenvalue weighted by Crippen LogP contribution is -2.17. The van der Waals surface area contributed by atoms with Gasteiger partial charge in [0.05, 0.1) is 28.4 Å². The Labute approximate surface area is 201 Å². The zero-order valence-electron chi connectivity index (χ0n) is 17.9. The SMILES string of the molecule is COC(=O)c1cc(NC(=O)c2ccc(Cl)c(S(=O)(=O)Nc3cc(C)ccc3C)c2)ccc1Cl. The summed E-state index contributed by atoms with van der Waals surface area (Å²) in [6, 6.07) is 13.6. The second kappa shape index (κ2) is 9.82. The van der Waals surface area contributed by atoms with Crippen molar-refractivity contribution >= 4 is 56.5 Å². The number of nitrogens with one attached hydrogen (secondary N) is 2. The van der Waals surface area contributed by atoms with Crippen LogP contribution in [0.15, 0.2) is 59.5 Å². The number of benzene rings is 3.